The fraction of sp³-hybridized carbons (Fsp3) is 0.917. The third-order valence-electron chi connectivity index (χ3n) is 3.15. The van der Waals surface area contributed by atoms with E-state index in [-0.39, 0.29) is 12.2 Å². The van der Waals surface area contributed by atoms with E-state index in [1.165, 1.54) is 0 Å². The lowest BCUT2D eigenvalue weighted by molar-refractivity contribution is -0.0222. The summed E-state index contributed by atoms with van der Waals surface area (Å²) < 4.78 is 10.4. The standard InChI is InChI=1S/C12H23NO3/c1-9(2)10(3)15-12(14)16-11-5-7-13(4)8-6-11/h9-11H,5-8H2,1-4H3. The van der Waals surface area contributed by atoms with Gasteiger partial charge in [0.2, 0.25) is 0 Å². The van der Waals surface area contributed by atoms with Crippen LogP contribution in [0.3, 0.4) is 0 Å². The molecule has 1 aliphatic rings. The number of carbonyl (C=O) groups is 1. The third-order valence-corrected chi connectivity index (χ3v) is 3.15. The van der Waals surface area contributed by atoms with Crippen molar-refractivity contribution in [1.82, 2.24) is 4.90 Å². The van der Waals surface area contributed by atoms with Gasteiger partial charge in [0, 0.05) is 13.1 Å². The van der Waals surface area contributed by atoms with Gasteiger partial charge in [-0.3, -0.25) is 0 Å². The van der Waals surface area contributed by atoms with Crippen molar-refractivity contribution in [1.29, 1.82) is 0 Å². The molecule has 0 bridgehead atoms. The molecule has 0 aliphatic carbocycles. The number of piperidine rings is 1. The lowest BCUT2D eigenvalue weighted by atomic mass is 10.1. The van der Waals surface area contributed by atoms with E-state index in [0.717, 1.165) is 25.9 Å². The molecule has 0 spiro atoms. The van der Waals surface area contributed by atoms with Crippen LogP contribution in [0.25, 0.3) is 0 Å². The van der Waals surface area contributed by atoms with Crippen LogP contribution in [0.4, 0.5) is 4.79 Å². The average molecular weight is 229 g/mol. The molecular weight excluding hydrogens is 206 g/mol. The molecule has 1 saturated heterocycles. The van der Waals surface area contributed by atoms with Crippen LogP contribution in [0, 0.1) is 5.92 Å². The van der Waals surface area contributed by atoms with Crippen molar-refractivity contribution in [3.05, 3.63) is 0 Å². The largest absolute Gasteiger partial charge is 0.508 e. The molecule has 0 aromatic carbocycles. The van der Waals surface area contributed by atoms with Crippen LogP contribution in [0.2, 0.25) is 0 Å². The second-order valence-electron chi connectivity index (χ2n) is 4.94. The van der Waals surface area contributed by atoms with E-state index >= 15 is 0 Å². The van der Waals surface area contributed by atoms with Crippen molar-refractivity contribution in [3.8, 4) is 0 Å². The van der Waals surface area contributed by atoms with Gasteiger partial charge in [0.25, 0.3) is 0 Å². The molecule has 4 nitrogen and oxygen atoms in total. The number of ether oxygens (including phenoxy) is 2. The maximum Gasteiger partial charge on any atom is 0.508 e. The smallest absolute Gasteiger partial charge is 0.431 e. The second-order valence-corrected chi connectivity index (χ2v) is 4.94. The lowest BCUT2D eigenvalue weighted by Crippen LogP contribution is -2.36. The molecule has 1 rings (SSSR count). The number of likely N-dealkylation sites (tertiary alicyclic amines) is 1. The quantitative estimate of drug-likeness (QED) is 0.696. The Morgan fingerprint density at radius 3 is 2.31 bits per heavy atom. The lowest BCUT2D eigenvalue weighted by Gasteiger charge is -2.28. The van der Waals surface area contributed by atoms with Crippen LogP contribution in [-0.4, -0.2) is 43.4 Å². The van der Waals surface area contributed by atoms with Crippen molar-refractivity contribution >= 4 is 6.16 Å². The Bertz CT molecular complexity index is 222. The highest BCUT2D eigenvalue weighted by Gasteiger charge is 2.22. The van der Waals surface area contributed by atoms with Crippen LogP contribution < -0.4 is 0 Å². The first kappa shape index (κ1) is 13.3. The summed E-state index contributed by atoms with van der Waals surface area (Å²) in [5.41, 5.74) is 0. The number of nitrogens with zero attached hydrogens (tertiary/aromatic N) is 1. The Morgan fingerprint density at radius 2 is 1.81 bits per heavy atom. The molecule has 4 heteroatoms. The number of hydrogen-bond donors (Lipinski definition) is 0. The van der Waals surface area contributed by atoms with Crippen molar-refractivity contribution in [2.24, 2.45) is 5.92 Å². The zero-order chi connectivity index (χ0) is 12.1. The topological polar surface area (TPSA) is 38.8 Å². The number of hydrogen-bond acceptors (Lipinski definition) is 4. The van der Waals surface area contributed by atoms with Gasteiger partial charge in [-0.25, -0.2) is 4.79 Å². The molecule has 0 amide bonds. The van der Waals surface area contributed by atoms with Gasteiger partial charge >= 0.3 is 6.16 Å². The van der Waals surface area contributed by atoms with Crippen LogP contribution >= 0.6 is 0 Å². The monoisotopic (exact) mass is 229 g/mol. The normalized spacial score (nSPS) is 20.8. The summed E-state index contributed by atoms with van der Waals surface area (Å²) in [6, 6.07) is 0. The predicted molar refractivity (Wildman–Crippen MR) is 62.4 cm³/mol. The van der Waals surface area contributed by atoms with Crippen LogP contribution in [0.15, 0.2) is 0 Å². The van der Waals surface area contributed by atoms with Gasteiger partial charge in [0.05, 0.1) is 0 Å². The minimum atomic E-state index is -0.518. The van der Waals surface area contributed by atoms with Crippen molar-refractivity contribution < 1.29 is 14.3 Å². The van der Waals surface area contributed by atoms with Crippen molar-refractivity contribution in [2.75, 3.05) is 20.1 Å². The van der Waals surface area contributed by atoms with Crippen LogP contribution in [0.5, 0.6) is 0 Å². The fourth-order valence-electron chi connectivity index (χ4n) is 1.55. The van der Waals surface area contributed by atoms with E-state index in [9.17, 15) is 4.79 Å². The Hall–Kier alpha value is -0.770. The SMILES string of the molecule is CC(C)C(C)OC(=O)OC1CCN(C)CC1. The molecule has 0 aromatic rings. The maximum absolute atomic E-state index is 11.4. The minimum Gasteiger partial charge on any atom is -0.431 e. The zero-order valence-corrected chi connectivity index (χ0v) is 10.7. The van der Waals surface area contributed by atoms with Gasteiger partial charge in [-0.1, -0.05) is 13.8 Å². The zero-order valence-electron chi connectivity index (χ0n) is 10.7. The molecule has 94 valence electrons. The third kappa shape index (κ3) is 4.39. The predicted octanol–water partition coefficient (Wildman–Crippen LogP) is 2.28. The Labute approximate surface area is 97.9 Å². The summed E-state index contributed by atoms with van der Waals surface area (Å²) in [5.74, 6) is 0.324. The van der Waals surface area contributed by atoms with Crippen molar-refractivity contribution in [2.45, 2.75) is 45.8 Å². The summed E-state index contributed by atoms with van der Waals surface area (Å²) in [7, 11) is 2.08. The van der Waals surface area contributed by atoms with Gasteiger partial charge in [0.1, 0.15) is 12.2 Å². The molecule has 0 N–H and O–H groups in total. The van der Waals surface area contributed by atoms with E-state index in [1.807, 2.05) is 20.8 Å². The molecule has 16 heavy (non-hydrogen) atoms. The van der Waals surface area contributed by atoms with Gasteiger partial charge in [-0.05, 0) is 32.7 Å². The van der Waals surface area contributed by atoms with Crippen LogP contribution in [-0.2, 0) is 9.47 Å². The van der Waals surface area contributed by atoms with E-state index < -0.39 is 6.16 Å². The highest BCUT2D eigenvalue weighted by Crippen LogP contribution is 2.14. The van der Waals surface area contributed by atoms with Gasteiger partial charge in [-0.15, -0.1) is 0 Å². The summed E-state index contributed by atoms with van der Waals surface area (Å²) in [4.78, 5) is 13.7. The molecule has 1 fully saturated rings. The van der Waals surface area contributed by atoms with Gasteiger partial charge in [-0.2, -0.15) is 0 Å². The van der Waals surface area contributed by atoms with Gasteiger partial charge < -0.3 is 14.4 Å². The summed E-state index contributed by atoms with van der Waals surface area (Å²) in [6.07, 6.45) is 1.24. The number of carbonyl (C=O) groups excluding carboxylic acids is 1. The first-order valence-corrected chi connectivity index (χ1v) is 6.05. The van der Waals surface area contributed by atoms with E-state index in [4.69, 9.17) is 9.47 Å². The Morgan fingerprint density at radius 1 is 1.25 bits per heavy atom. The maximum atomic E-state index is 11.4. The van der Waals surface area contributed by atoms with Gasteiger partial charge in [0.15, 0.2) is 0 Å². The Kier molecular flexibility index (Phi) is 5.06. The number of rotatable bonds is 3. The van der Waals surface area contributed by atoms with E-state index in [2.05, 4.69) is 11.9 Å². The Balaban J connectivity index is 2.24. The summed E-state index contributed by atoms with van der Waals surface area (Å²) in [6.45, 7) is 7.90. The second kappa shape index (κ2) is 6.09. The summed E-state index contributed by atoms with van der Waals surface area (Å²) >= 11 is 0. The molecule has 1 atom stereocenters. The molecular formula is C12H23NO3. The molecule has 0 aromatic heterocycles. The first-order valence-electron chi connectivity index (χ1n) is 6.05. The van der Waals surface area contributed by atoms with E-state index in [0.29, 0.717) is 5.92 Å². The highest BCUT2D eigenvalue weighted by molar-refractivity contribution is 5.60. The molecule has 0 saturated carbocycles. The molecule has 0 radical (unpaired) electrons. The minimum absolute atomic E-state index is 0.0306. The first-order chi connectivity index (χ1) is 7.49. The fourth-order valence-corrected chi connectivity index (χ4v) is 1.55. The molecule has 1 heterocycles. The average Bonchev–Trinajstić information content (AvgIpc) is 2.21. The van der Waals surface area contributed by atoms with E-state index in [1.54, 1.807) is 0 Å². The van der Waals surface area contributed by atoms with Crippen LogP contribution in [0.1, 0.15) is 33.6 Å². The highest BCUT2D eigenvalue weighted by atomic mass is 16.7. The van der Waals surface area contributed by atoms with Crippen molar-refractivity contribution in [3.63, 3.8) is 0 Å². The molecule has 1 unspecified atom stereocenters. The summed E-state index contributed by atoms with van der Waals surface area (Å²) in [5, 5.41) is 0. The molecule has 1 aliphatic heterocycles.